The fourth-order valence-electron chi connectivity index (χ4n) is 4.51. The number of carbonyl (C=O) groups excluding carboxylic acids is 3. The second-order valence-electron chi connectivity index (χ2n) is 12.4. The standard InChI is InChI=1S/C32H46N4O3.C3H8/c1-23(28(37)34-21-19-24-15-11-9-12-16-24)20-22-36(8)30(39)27(31(2,3)4)35-29(38)26(33-7)32(5,6)25-17-13-10-14-18-25;1-3-2/h9-18,20,26-27,33H,19,21-22H2,1-8H3,(H,34,37)(H,35,38);3H2,1-2H3/b23-20+;/t26-,27?;/m1./s1. The zero-order valence-electron chi connectivity index (χ0n) is 27.5. The highest BCUT2D eigenvalue weighted by atomic mass is 16.2. The second-order valence-corrected chi connectivity index (χ2v) is 12.4. The Morgan fingerprint density at radius 3 is 1.90 bits per heavy atom. The van der Waals surface area contributed by atoms with Gasteiger partial charge in [-0.25, -0.2) is 0 Å². The largest absolute Gasteiger partial charge is 0.352 e. The number of likely N-dealkylation sites (N-methyl/N-ethyl adjacent to an activating group) is 2. The molecular formula is C35H54N4O3. The van der Waals surface area contributed by atoms with Crippen molar-refractivity contribution in [1.82, 2.24) is 20.9 Å². The molecule has 0 saturated carbocycles. The number of nitrogens with zero attached hydrogens (tertiary/aromatic N) is 1. The van der Waals surface area contributed by atoms with E-state index in [-0.39, 0.29) is 24.3 Å². The average molecular weight is 579 g/mol. The van der Waals surface area contributed by atoms with Crippen LogP contribution in [0.2, 0.25) is 0 Å². The highest BCUT2D eigenvalue weighted by Crippen LogP contribution is 2.28. The Hall–Kier alpha value is -3.45. The number of nitrogens with one attached hydrogen (secondary N) is 3. The summed E-state index contributed by atoms with van der Waals surface area (Å²) in [5.74, 6) is -0.609. The summed E-state index contributed by atoms with van der Waals surface area (Å²) in [5.41, 5.74) is 1.69. The zero-order valence-corrected chi connectivity index (χ0v) is 27.5. The first-order chi connectivity index (χ1) is 19.7. The van der Waals surface area contributed by atoms with Gasteiger partial charge < -0.3 is 20.9 Å². The van der Waals surface area contributed by atoms with Gasteiger partial charge in [0, 0.05) is 31.1 Å². The quantitative estimate of drug-likeness (QED) is 0.300. The molecule has 2 aromatic carbocycles. The molecular weight excluding hydrogens is 524 g/mol. The van der Waals surface area contributed by atoms with Gasteiger partial charge in [0.25, 0.3) is 0 Å². The lowest BCUT2D eigenvalue weighted by molar-refractivity contribution is -0.139. The highest BCUT2D eigenvalue weighted by molar-refractivity contribution is 5.93. The van der Waals surface area contributed by atoms with Crippen LogP contribution in [0.15, 0.2) is 72.3 Å². The number of benzene rings is 2. The molecule has 0 heterocycles. The van der Waals surface area contributed by atoms with E-state index in [4.69, 9.17) is 0 Å². The molecule has 3 N–H and O–H groups in total. The molecule has 232 valence electrons. The van der Waals surface area contributed by atoms with Crippen LogP contribution in [0.3, 0.4) is 0 Å². The van der Waals surface area contributed by atoms with Crippen LogP contribution in [0.1, 0.15) is 72.9 Å². The molecule has 0 fully saturated rings. The third-order valence-corrected chi connectivity index (χ3v) is 7.14. The molecule has 0 radical (unpaired) electrons. The van der Waals surface area contributed by atoms with E-state index in [1.54, 1.807) is 32.0 Å². The lowest BCUT2D eigenvalue weighted by Gasteiger charge is -2.38. The summed E-state index contributed by atoms with van der Waals surface area (Å²) >= 11 is 0. The van der Waals surface area contributed by atoms with Crippen LogP contribution in [0.25, 0.3) is 0 Å². The summed E-state index contributed by atoms with van der Waals surface area (Å²) in [6, 6.07) is 18.5. The number of hydrogen-bond acceptors (Lipinski definition) is 4. The average Bonchev–Trinajstić information content (AvgIpc) is 2.95. The van der Waals surface area contributed by atoms with Crippen LogP contribution >= 0.6 is 0 Å². The monoisotopic (exact) mass is 578 g/mol. The summed E-state index contributed by atoms with van der Waals surface area (Å²) < 4.78 is 0. The lowest BCUT2D eigenvalue weighted by atomic mass is 9.76. The number of amides is 3. The van der Waals surface area contributed by atoms with Gasteiger partial charge in [-0.1, -0.05) is 122 Å². The maximum atomic E-state index is 13.5. The molecule has 7 nitrogen and oxygen atoms in total. The molecule has 0 aliphatic heterocycles. The Bertz CT molecular complexity index is 1140. The predicted molar refractivity (Wildman–Crippen MR) is 174 cm³/mol. The first kappa shape index (κ1) is 36.6. The molecule has 0 bridgehead atoms. The Balaban J connectivity index is 0.00000281. The van der Waals surface area contributed by atoms with Gasteiger partial charge in [0.05, 0.1) is 6.04 Å². The van der Waals surface area contributed by atoms with Gasteiger partial charge in [-0.15, -0.1) is 0 Å². The highest BCUT2D eigenvalue weighted by Gasteiger charge is 2.40. The fourth-order valence-corrected chi connectivity index (χ4v) is 4.51. The molecule has 0 aliphatic carbocycles. The van der Waals surface area contributed by atoms with Crippen LogP contribution in [0.5, 0.6) is 0 Å². The van der Waals surface area contributed by atoms with E-state index in [0.29, 0.717) is 12.1 Å². The smallest absolute Gasteiger partial charge is 0.246 e. The molecule has 3 amide bonds. The molecule has 2 rings (SSSR count). The lowest BCUT2D eigenvalue weighted by Crippen LogP contribution is -2.60. The molecule has 0 spiro atoms. The van der Waals surface area contributed by atoms with Crippen LogP contribution in [-0.4, -0.2) is 61.9 Å². The Kier molecular flexibility index (Phi) is 15.2. The molecule has 7 heteroatoms. The van der Waals surface area contributed by atoms with E-state index >= 15 is 0 Å². The van der Waals surface area contributed by atoms with Crippen molar-refractivity contribution in [1.29, 1.82) is 0 Å². The Morgan fingerprint density at radius 2 is 1.40 bits per heavy atom. The van der Waals surface area contributed by atoms with E-state index in [2.05, 4.69) is 29.8 Å². The van der Waals surface area contributed by atoms with Gasteiger partial charge in [0.1, 0.15) is 6.04 Å². The van der Waals surface area contributed by atoms with Crippen molar-refractivity contribution < 1.29 is 14.4 Å². The van der Waals surface area contributed by atoms with Crippen LogP contribution < -0.4 is 16.0 Å². The number of rotatable bonds is 12. The minimum absolute atomic E-state index is 0.160. The Labute approximate surface area is 254 Å². The SMILES string of the molecule is CCC.CN[C@H](C(=O)NC(C(=O)N(C)C/C=C(\C)C(=O)NCCc1ccccc1)C(C)(C)C)C(C)(C)c1ccccc1. The molecule has 0 aromatic heterocycles. The van der Waals surface area contributed by atoms with Crippen molar-refractivity contribution in [2.24, 2.45) is 5.41 Å². The third kappa shape index (κ3) is 11.4. The minimum atomic E-state index is -0.745. The Morgan fingerprint density at radius 1 is 0.881 bits per heavy atom. The van der Waals surface area contributed by atoms with E-state index in [1.165, 1.54) is 6.42 Å². The second kappa shape index (κ2) is 17.5. The zero-order chi connectivity index (χ0) is 31.9. The van der Waals surface area contributed by atoms with Crippen LogP contribution in [0.4, 0.5) is 0 Å². The van der Waals surface area contributed by atoms with E-state index in [9.17, 15) is 14.4 Å². The van der Waals surface area contributed by atoms with Crippen molar-refractivity contribution in [3.63, 3.8) is 0 Å². The first-order valence-electron chi connectivity index (χ1n) is 15.0. The molecule has 1 unspecified atom stereocenters. The van der Waals surface area contributed by atoms with E-state index in [1.807, 2.05) is 95.3 Å². The summed E-state index contributed by atoms with van der Waals surface area (Å²) in [6.45, 7) is 16.6. The summed E-state index contributed by atoms with van der Waals surface area (Å²) in [7, 11) is 3.45. The maximum absolute atomic E-state index is 13.5. The summed E-state index contributed by atoms with van der Waals surface area (Å²) in [6.07, 6.45) is 3.74. The molecule has 0 saturated heterocycles. The van der Waals surface area contributed by atoms with Crippen molar-refractivity contribution in [2.75, 3.05) is 27.2 Å². The normalized spacial score (nSPS) is 13.2. The molecule has 42 heavy (non-hydrogen) atoms. The van der Waals surface area contributed by atoms with E-state index in [0.717, 1.165) is 17.5 Å². The minimum Gasteiger partial charge on any atom is -0.352 e. The van der Waals surface area contributed by atoms with E-state index < -0.39 is 22.9 Å². The topological polar surface area (TPSA) is 90.5 Å². The number of hydrogen-bond donors (Lipinski definition) is 3. The van der Waals surface area contributed by atoms with Gasteiger partial charge in [-0.2, -0.15) is 0 Å². The van der Waals surface area contributed by atoms with Crippen LogP contribution in [0, 0.1) is 5.41 Å². The van der Waals surface area contributed by atoms with Crippen molar-refractivity contribution in [3.8, 4) is 0 Å². The summed E-state index contributed by atoms with van der Waals surface area (Å²) in [5, 5.41) is 9.11. The first-order valence-corrected chi connectivity index (χ1v) is 15.0. The van der Waals surface area contributed by atoms with Crippen molar-refractivity contribution in [2.45, 2.75) is 85.7 Å². The fraction of sp³-hybridized carbons (Fsp3) is 0.514. The third-order valence-electron chi connectivity index (χ3n) is 7.14. The van der Waals surface area contributed by atoms with Crippen molar-refractivity contribution in [3.05, 3.63) is 83.4 Å². The molecule has 2 aromatic rings. The van der Waals surface area contributed by atoms with Gasteiger partial charge in [-0.05, 0) is 36.9 Å². The van der Waals surface area contributed by atoms with Gasteiger partial charge in [0.15, 0.2) is 0 Å². The molecule has 2 atom stereocenters. The van der Waals surface area contributed by atoms with Crippen molar-refractivity contribution >= 4 is 17.7 Å². The molecule has 0 aliphatic rings. The van der Waals surface area contributed by atoms with Gasteiger partial charge in [0.2, 0.25) is 17.7 Å². The number of carbonyl (C=O) groups is 3. The van der Waals surface area contributed by atoms with Crippen LogP contribution in [-0.2, 0) is 26.2 Å². The van der Waals surface area contributed by atoms with Gasteiger partial charge in [-0.3, -0.25) is 14.4 Å². The maximum Gasteiger partial charge on any atom is 0.246 e. The summed E-state index contributed by atoms with van der Waals surface area (Å²) in [4.78, 5) is 41.1. The predicted octanol–water partition coefficient (Wildman–Crippen LogP) is 5.26. The van der Waals surface area contributed by atoms with Gasteiger partial charge >= 0.3 is 0 Å².